The van der Waals surface area contributed by atoms with Gasteiger partial charge >= 0.3 is 0 Å². The summed E-state index contributed by atoms with van der Waals surface area (Å²) in [4.78, 5) is 13.0. The maximum absolute atomic E-state index is 13.0. The van der Waals surface area contributed by atoms with E-state index in [1.807, 2.05) is 12.2 Å². The number of benzene rings is 2. The van der Waals surface area contributed by atoms with Crippen molar-refractivity contribution < 1.29 is 13.6 Å². The van der Waals surface area contributed by atoms with Gasteiger partial charge in [0.15, 0.2) is 0 Å². The molecule has 2 nitrogen and oxygen atoms in total. The van der Waals surface area contributed by atoms with Gasteiger partial charge in [0.1, 0.15) is 17.4 Å². The monoisotopic (exact) mass is 409 g/mol. The van der Waals surface area contributed by atoms with Crippen LogP contribution >= 0.6 is 0 Å². The Morgan fingerprint density at radius 2 is 1.30 bits per heavy atom. The molecule has 2 aromatic rings. The summed E-state index contributed by atoms with van der Waals surface area (Å²) in [6.45, 7) is 1.62. The summed E-state index contributed by atoms with van der Waals surface area (Å²) in [7, 11) is 0. The fourth-order valence-corrected chi connectivity index (χ4v) is 3.84. The molecule has 0 aliphatic carbocycles. The molecule has 1 aliphatic rings. The van der Waals surface area contributed by atoms with Crippen LogP contribution in [-0.4, -0.2) is 18.9 Å². The number of nitrogens with one attached hydrogen (secondary N) is 1. The van der Waals surface area contributed by atoms with E-state index in [-0.39, 0.29) is 23.5 Å². The molecule has 0 spiro atoms. The highest BCUT2D eigenvalue weighted by molar-refractivity contribution is 5.84. The molecule has 0 bridgehead atoms. The number of carbonyl (C=O) groups excluding carboxylic acids is 1. The second kappa shape index (κ2) is 11.6. The molecule has 1 N–H and O–H groups in total. The van der Waals surface area contributed by atoms with Gasteiger partial charge in [0.05, 0.1) is 0 Å². The van der Waals surface area contributed by atoms with Crippen LogP contribution in [0, 0.1) is 23.5 Å². The predicted octanol–water partition coefficient (Wildman–Crippen LogP) is 6.05. The molecule has 1 saturated heterocycles. The van der Waals surface area contributed by atoms with Crippen molar-refractivity contribution in [1.82, 2.24) is 5.32 Å². The van der Waals surface area contributed by atoms with Crippen molar-refractivity contribution in [3.63, 3.8) is 0 Å². The number of hydrogen-bond donors (Lipinski definition) is 1. The molecule has 1 aliphatic heterocycles. The number of halogens is 2. The molecule has 2 unspecified atom stereocenters. The summed E-state index contributed by atoms with van der Waals surface area (Å²) < 4.78 is 25.9. The fraction of sp³-hybridized carbons (Fsp3) is 0.346. The van der Waals surface area contributed by atoms with Crippen molar-refractivity contribution in [3.05, 3.63) is 83.4 Å². The lowest BCUT2D eigenvalue weighted by Crippen LogP contribution is -2.27. The fourth-order valence-electron chi connectivity index (χ4n) is 3.84. The average Bonchev–Trinajstić information content (AvgIpc) is 2.93. The van der Waals surface area contributed by atoms with Crippen LogP contribution in [0.25, 0.3) is 12.2 Å². The number of carbonyl (C=O) groups is 1. The molecular weight excluding hydrogens is 380 g/mol. The smallest absolute Gasteiger partial charge is 0.140 e. The van der Waals surface area contributed by atoms with Crippen molar-refractivity contribution in [2.75, 3.05) is 13.1 Å². The summed E-state index contributed by atoms with van der Waals surface area (Å²) >= 11 is 0. The summed E-state index contributed by atoms with van der Waals surface area (Å²) in [6, 6.07) is 12.8. The van der Waals surface area contributed by atoms with Crippen molar-refractivity contribution in [1.29, 1.82) is 0 Å². The molecule has 158 valence electrons. The largest absolute Gasteiger partial charge is 0.316 e. The minimum absolute atomic E-state index is 0.0384. The van der Waals surface area contributed by atoms with Crippen LogP contribution in [0.2, 0.25) is 0 Å². The van der Waals surface area contributed by atoms with E-state index in [1.54, 1.807) is 24.3 Å². The lowest BCUT2D eigenvalue weighted by atomic mass is 9.86. The Balaban J connectivity index is 1.46. The molecule has 0 saturated carbocycles. The maximum atomic E-state index is 13.0. The highest BCUT2D eigenvalue weighted by Crippen LogP contribution is 2.23. The van der Waals surface area contributed by atoms with E-state index in [0.717, 1.165) is 56.3 Å². The minimum atomic E-state index is -0.235. The maximum Gasteiger partial charge on any atom is 0.140 e. The summed E-state index contributed by atoms with van der Waals surface area (Å²) in [5.41, 5.74) is 1.93. The molecule has 1 heterocycles. The number of ketones is 1. The van der Waals surface area contributed by atoms with Gasteiger partial charge in [-0.05, 0) is 74.0 Å². The third-order valence-corrected chi connectivity index (χ3v) is 5.59. The number of Topliss-reactive ketones (excluding diaryl/α,β-unsaturated/α-hetero) is 1. The Kier molecular flexibility index (Phi) is 8.52. The van der Waals surface area contributed by atoms with Gasteiger partial charge in [-0.1, -0.05) is 48.6 Å². The number of rotatable bonds is 8. The van der Waals surface area contributed by atoms with E-state index in [9.17, 15) is 13.6 Å². The molecule has 4 heteroatoms. The van der Waals surface area contributed by atoms with Gasteiger partial charge in [0, 0.05) is 18.4 Å². The van der Waals surface area contributed by atoms with Gasteiger partial charge in [-0.2, -0.15) is 0 Å². The van der Waals surface area contributed by atoms with Gasteiger partial charge in [-0.15, -0.1) is 0 Å². The van der Waals surface area contributed by atoms with Crippen molar-refractivity contribution in [2.24, 2.45) is 11.8 Å². The molecule has 30 heavy (non-hydrogen) atoms. The summed E-state index contributed by atoms with van der Waals surface area (Å²) in [5, 5.41) is 3.40. The lowest BCUT2D eigenvalue weighted by molar-refractivity contribution is -0.126. The zero-order valence-electron chi connectivity index (χ0n) is 17.2. The van der Waals surface area contributed by atoms with Crippen LogP contribution in [0.15, 0.2) is 60.7 Å². The van der Waals surface area contributed by atoms with E-state index in [0.29, 0.717) is 5.78 Å². The van der Waals surface area contributed by atoms with Crippen LogP contribution in [0.1, 0.15) is 43.2 Å². The van der Waals surface area contributed by atoms with Gasteiger partial charge in [-0.3, -0.25) is 4.79 Å². The average molecular weight is 410 g/mol. The van der Waals surface area contributed by atoms with E-state index >= 15 is 0 Å². The molecule has 2 aromatic carbocycles. The van der Waals surface area contributed by atoms with Crippen molar-refractivity contribution in [3.8, 4) is 0 Å². The second-order valence-corrected chi connectivity index (χ2v) is 7.85. The predicted molar refractivity (Wildman–Crippen MR) is 119 cm³/mol. The molecule has 0 aromatic heterocycles. The normalized spacial score (nSPS) is 20.1. The Morgan fingerprint density at radius 3 is 1.83 bits per heavy atom. The van der Waals surface area contributed by atoms with Gasteiger partial charge < -0.3 is 5.32 Å². The molecule has 3 rings (SSSR count). The standard InChI is InChI=1S/C26H29F2NO/c27-24-13-9-20(10-14-24)5-1-3-7-22-17-18-29-19-23(26(22)30)8-4-2-6-21-11-15-25(28)16-12-21/h1-2,5-6,9-16,22-23,29H,3-4,7-8,17-19H2. The van der Waals surface area contributed by atoms with Crippen LogP contribution < -0.4 is 5.32 Å². The van der Waals surface area contributed by atoms with Crippen molar-refractivity contribution in [2.45, 2.75) is 32.1 Å². The Morgan fingerprint density at radius 1 is 0.800 bits per heavy atom. The van der Waals surface area contributed by atoms with Crippen LogP contribution in [0.3, 0.4) is 0 Å². The highest BCUT2D eigenvalue weighted by atomic mass is 19.1. The third-order valence-electron chi connectivity index (χ3n) is 5.59. The van der Waals surface area contributed by atoms with E-state index in [1.165, 1.54) is 24.3 Å². The topological polar surface area (TPSA) is 29.1 Å². The first kappa shape index (κ1) is 22.1. The Bertz CT molecular complexity index is 784. The first-order chi connectivity index (χ1) is 14.6. The highest BCUT2D eigenvalue weighted by Gasteiger charge is 2.28. The van der Waals surface area contributed by atoms with Crippen molar-refractivity contribution >= 4 is 17.9 Å². The Hall–Kier alpha value is -2.59. The zero-order valence-corrected chi connectivity index (χ0v) is 17.2. The van der Waals surface area contributed by atoms with Crippen LogP contribution in [-0.2, 0) is 4.79 Å². The quantitative estimate of drug-likeness (QED) is 0.575. The van der Waals surface area contributed by atoms with Gasteiger partial charge in [0.2, 0.25) is 0 Å². The van der Waals surface area contributed by atoms with E-state index < -0.39 is 0 Å². The number of hydrogen-bond acceptors (Lipinski definition) is 2. The van der Waals surface area contributed by atoms with Crippen LogP contribution in [0.4, 0.5) is 8.78 Å². The Labute approximate surface area is 177 Å². The van der Waals surface area contributed by atoms with Crippen LogP contribution in [0.5, 0.6) is 0 Å². The summed E-state index contributed by atoms with van der Waals surface area (Å²) in [6.07, 6.45) is 12.3. The SMILES string of the molecule is O=C1C(CCC=Cc2ccc(F)cc2)CCNCC1CCC=Cc1ccc(F)cc1. The molecular formula is C26H29F2NO. The van der Waals surface area contributed by atoms with E-state index in [2.05, 4.69) is 17.5 Å². The summed E-state index contributed by atoms with van der Waals surface area (Å²) in [5.74, 6) is 0.0221. The third kappa shape index (κ3) is 7.03. The zero-order chi connectivity index (χ0) is 21.2. The van der Waals surface area contributed by atoms with E-state index in [4.69, 9.17) is 0 Å². The number of allylic oxidation sites excluding steroid dienone is 2. The van der Waals surface area contributed by atoms with Gasteiger partial charge in [-0.25, -0.2) is 8.78 Å². The lowest BCUT2D eigenvalue weighted by Gasteiger charge is -2.17. The molecule has 1 fully saturated rings. The molecule has 0 radical (unpaired) electrons. The minimum Gasteiger partial charge on any atom is -0.316 e. The molecule has 2 atom stereocenters. The first-order valence-electron chi connectivity index (χ1n) is 10.7. The second-order valence-electron chi connectivity index (χ2n) is 7.85. The van der Waals surface area contributed by atoms with Gasteiger partial charge in [0.25, 0.3) is 0 Å². The molecule has 0 amide bonds. The first-order valence-corrected chi connectivity index (χ1v) is 10.7.